The van der Waals surface area contributed by atoms with Gasteiger partial charge in [0.1, 0.15) is 5.69 Å². The van der Waals surface area contributed by atoms with Crippen molar-refractivity contribution in [1.82, 2.24) is 15.3 Å². The van der Waals surface area contributed by atoms with E-state index in [0.717, 1.165) is 12.3 Å². The van der Waals surface area contributed by atoms with Crippen LogP contribution in [0.4, 0.5) is 19.1 Å². The Morgan fingerprint density at radius 1 is 1.53 bits per heavy atom. The number of ether oxygens (including phenoxy) is 1. The first kappa shape index (κ1) is 14.0. The molecule has 1 aliphatic rings. The zero-order valence-corrected chi connectivity index (χ0v) is 10.4. The largest absolute Gasteiger partial charge is 0.433 e. The van der Waals surface area contributed by atoms with Crippen LogP contribution in [0, 0.1) is 0 Å². The molecule has 0 radical (unpaired) electrons. The fraction of sp³-hybridized carbons (Fsp3) is 0.636. The number of nitrogens with zero attached hydrogens (tertiary/aromatic N) is 3. The van der Waals surface area contributed by atoms with E-state index in [0.29, 0.717) is 26.3 Å². The third-order valence-electron chi connectivity index (χ3n) is 2.86. The standard InChI is InChI=1S/C11H15F3N4O/c1-15-6-8-7-19-5-4-18(8)10-16-3-2-9(17-10)11(12,13)14/h2-3,8,15H,4-7H2,1H3. The second-order valence-corrected chi connectivity index (χ2v) is 4.22. The van der Waals surface area contributed by atoms with Crippen molar-refractivity contribution in [3.8, 4) is 0 Å². The lowest BCUT2D eigenvalue weighted by atomic mass is 10.2. The summed E-state index contributed by atoms with van der Waals surface area (Å²) in [6.07, 6.45) is -3.32. The zero-order chi connectivity index (χ0) is 13.9. The maximum Gasteiger partial charge on any atom is 0.433 e. The van der Waals surface area contributed by atoms with Crippen LogP contribution in [0.2, 0.25) is 0 Å². The van der Waals surface area contributed by atoms with Crippen LogP contribution in [0.1, 0.15) is 5.69 Å². The van der Waals surface area contributed by atoms with Gasteiger partial charge in [-0.25, -0.2) is 9.97 Å². The maximum atomic E-state index is 12.6. The first-order valence-electron chi connectivity index (χ1n) is 5.91. The number of hydrogen-bond acceptors (Lipinski definition) is 5. The van der Waals surface area contributed by atoms with Crippen LogP contribution in [0.3, 0.4) is 0 Å². The van der Waals surface area contributed by atoms with Gasteiger partial charge in [0.15, 0.2) is 0 Å². The molecule has 0 aromatic carbocycles. The van der Waals surface area contributed by atoms with Gasteiger partial charge in [0.25, 0.3) is 0 Å². The molecule has 0 bridgehead atoms. The monoisotopic (exact) mass is 276 g/mol. The van der Waals surface area contributed by atoms with Gasteiger partial charge in [0, 0.05) is 19.3 Å². The molecule has 1 aliphatic heterocycles. The molecular formula is C11H15F3N4O. The molecule has 0 spiro atoms. The van der Waals surface area contributed by atoms with Crippen LogP contribution in [-0.2, 0) is 10.9 Å². The summed E-state index contributed by atoms with van der Waals surface area (Å²) in [5.74, 6) is 0.0957. The lowest BCUT2D eigenvalue weighted by molar-refractivity contribution is -0.141. The minimum Gasteiger partial charge on any atom is -0.377 e. The summed E-state index contributed by atoms with van der Waals surface area (Å²) < 4.78 is 43.2. The summed E-state index contributed by atoms with van der Waals surface area (Å²) in [5, 5.41) is 2.98. The summed E-state index contributed by atoms with van der Waals surface area (Å²) in [4.78, 5) is 9.29. The van der Waals surface area contributed by atoms with Gasteiger partial charge in [0.05, 0.1) is 19.3 Å². The number of rotatable bonds is 3. The molecule has 1 atom stereocenters. The molecule has 1 fully saturated rings. The second-order valence-electron chi connectivity index (χ2n) is 4.22. The van der Waals surface area contributed by atoms with Crippen molar-refractivity contribution in [3.63, 3.8) is 0 Å². The molecule has 2 heterocycles. The lowest BCUT2D eigenvalue weighted by Gasteiger charge is -2.35. The molecule has 2 rings (SSSR count). The molecule has 0 amide bonds. The van der Waals surface area contributed by atoms with Crippen molar-refractivity contribution in [2.24, 2.45) is 0 Å². The Morgan fingerprint density at radius 3 is 3.00 bits per heavy atom. The highest BCUT2D eigenvalue weighted by molar-refractivity contribution is 5.33. The molecule has 0 saturated carbocycles. The molecule has 106 valence electrons. The minimum atomic E-state index is -4.46. The van der Waals surface area contributed by atoms with Crippen molar-refractivity contribution in [2.45, 2.75) is 12.2 Å². The average Bonchev–Trinajstić information content (AvgIpc) is 2.39. The smallest absolute Gasteiger partial charge is 0.377 e. The molecule has 1 unspecified atom stereocenters. The van der Waals surface area contributed by atoms with Crippen molar-refractivity contribution in [1.29, 1.82) is 0 Å². The number of halogens is 3. The van der Waals surface area contributed by atoms with Crippen LogP contribution in [0.5, 0.6) is 0 Å². The predicted molar refractivity (Wildman–Crippen MR) is 62.9 cm³/mol. The van der Waals surface area contributed by atoms with E-state index in [1.807, 2.05) is 0 Å². The van der Waals surface area contributed by atoms with Crippen LogP contribution in [-0.4, -0.2) is 49.4 Å². The van der Waals surface area contributed by atoms with Gasteiger partial charge in [-0.3, -0.25) is 0 Å². The van der Waals surface area contributed by atoms with E-state index < -0.39 is 11.9 Å². The molecule has 5 nitrogen and oxygen atoms in total. The Morgan fingerprint density at radius 2 is 2.32 bits per heavy atom. The molecule has 1 aromatic rings. The lowest BCUT2D eigenvalue weighted by Crippen LogP contribution is -2.50. The van der Waals surface area contributed by atoms with Crippen LogP contribution in [0.15, 0.2) is 12.3 Å². The van der Waals surface area contributed by atoms with Crippen molar-refractivity contribution in [3.05, 3.63) is 18.0 Å². The van der Waals surface area contributed by atoms with Gasteiger partial charge in [0.2, 0.25) is 5.95 Å². The Balaban J connectivity index is 2.24. The van der Waals surface area contributed by atoms with E-state index in [9.17, 15) is 13.2 Å². The molecule has 19 heavy (non-hydrogen) atoms. The number of alkyl halides is 3. The van der Waals surface area contributed by atoms with E-state index in [1.165, 1.54) is 0 Å². The quantitative estimate of drug-likeness (QED) is 0.889. The van der Waals surface area contributed by atoms with E-state index >= 15 is 0 Å². The first-order valence-corrected chi connectivity index (χ1v) is 5.91. The van der Waals surface area contributed by atoms with Crippen LogP contribution in [0.25, 0.3) is 0 Å². The molecule has 1 saturated heterocycles. The van der Waals surface area contributed by atoms with Crippen molar-refractivity contribution in [2.75, 3.05) is 38.3 Å². The van der Waals surface area contributed by atoms with Crippen LogP contribution < -0.4 is 10.2 Å². The fourth-order valence-electron chi connectivity index (χ4n) is 1.97. The average molecular weight is 276 g/mol. The Kier molecular flexibility index (Phi) is 4.20. The summed E-state index contributed by atoms with van der Waals surface area (Å²) in [6, 6.07) is 0.805. The maximum absolute atomic E-state index is 12.6. The summed E-state index contributed by atoms with van der Waals surface area (Å²) in [5.41, 5.74) is -0.924. The van der Waals surface area contributed by atoms with Gasteiger partial charge in [-0.15, -0.1) is 0 Å². The minimum absolute atomic E-state index is 0.0674. The van der Waals surface area contributed by atoms with Gasteiger partial charge in [-0.2, -0.15) is 13.2 Å². The van der Waals surface area contributed by atoms with Gasteiger partial charge >= 0.3 is 6.18 Å². The number of hydrogen-bond donors (Lipinski definition) is 1. The highest BCUT2D eigenvalue weighted by Gasteiger charge is 2.34. The number of aromatic nitrogens is 2. The summed E-state index contributed by atoms with van der Waals surface area (Å²) >= 11 is 0. The van der Waals surface area contributed by atoms with E-state index in [4.69, 9.17) is 4.74 Å². The number of anilines is 1. The SMILES string of the molecule is CNCC1COCCN1c1nccc(C(F)(F)F)n1. The highest BCUT2D eigenvalue weighted by Crippen LogP contribution is 2.28. The van der Waals surface area contributed by atoms with E-state index in [-0.39, 0.29) is 12.0 Å². The Labute approximate surface area is 108 Å². The predicted octanol–water partition coefficient (Wildman–Crippen LogP) is 0.920. The Bertz CT molecular complexity index is 425. The topological polar surface area (TPSA) is 50.3 Å². The number of morpholine rings is 1. The third kappa shape index (κ3) is 3.32. The van der Waals surface area contributed by atoms with Gasteiger partial charge in [-0.1, -0.05) is 0 Å². The third-order valence-corrected chi connectivity index (χ3v) is 2.86. The second kappa shape index (κ2) is 5.70. The fourth-order valence-corrected chi connectivity index (χ4v) is 1.97. The summed E-state index contributed by atoms with van der Waals surface area (Å²) in [7, 11) is 1.78. The summed E-state index contributed by atoms with van der Waals surface area (Å²) in [6.45, 7) is 1.98. The molecule has 1 aromatic heterocycles. The van der Waals surface area contributed by atoms with Gasteiger partial charge in [-0.05, 0) is 13.1 Å². The van der Waals surface area contributed by atoms with E-state index in [2.05, 4.69) is 15.3 Å². The molecule has 0 aliphatic carbocycles. The normalized spacial score (nSPS) is 20.6. The van der Waals surface area contributed by atoms with Crippen molar-refractivity contribution < 1.29 is 17.9 Å². The molecular weight excluding hydrogens is 261 g/mol. The Hall–Kier alpha value is -1.41. The highest BCUT2D eigenvalue weighted by atomic mass is 19.4. The number of nitrogens with one attached hydrogen (secondary N) is 1. The van der Waals surface area contributed by atoms with E-state index in [1.54, 1.807) is 11.9 Å². The molecule has 1 N–H and O–H groups in total. The van der Waals surface area contributed by atoms with Crippen molar-refractivity contribution >= 4 is 5.95 Å². The van der Waals surface area contributed by atoms with Gasteiger partial charge < -0.3 is 15.0 Å². The zero-order valence-electron chi connectivity index (χ0n) is 10.4. The first-order chi connectivity index (χ1) is 9.02. The number of likely N-dealkylation sites (N-methyl/N-ethyl adjacent to an activating group) is 1. The molecule has 8 heteroatoms. The van der Waals surface area contributed by atoms with Crippen LogP contribution >= 0.6 is 0 Å².